The summed E-state index contributed by atoms with van der Waals surface area (Å²) >= 11 is 0. The Hall–Kier alpha value is -2.37. The lowest BCUT2D eigenvalue weighted by atomic mass is 10.1. The van der Waals surface area contributed by atoms with E-state index in [1.165, 1.54) is 25.3 Å². The Bertz CT molecular complexity index is 627. The molecule has 2 aromatic rings. The highest BCUT2D eigenvalue weighted by molar-refractivity contribution is 5.48. The highest BCUT2D eigenvalue weighted by Gasteiger charge is 2.34. The molecule has 3 nitrogen and oxygen atoms in total. The number of rotatable bonds is 4. The molecule has 2 aromatic carbocycles. The molecule has 0 radical (unpaired) electrons. The van der Waals surface area contributed by atoms with E-state index in [9.17, 15) is 13.2 Å². The van der Waals surface area contributed by atoms with Crippen LogP contribution in [-0.2, 0) is 12.8 Å². The third-order valence-corrected chi connectivity index (χ3v) is 2.89. The Balaban J connectivity index is 2.21. The summed E-state index contributed by atoms with van der Waals surface area (Å²) in [5.74, 6) is 0.253. The van der Waals surface area contributed by atoms with Crippen molar-refractivity contribution in [1.29, 1.82) is 0 Å². The fraction of sp³-hybridized carbons (Fsp3) is 0.200. The van der Waals surface area contributed by atoms with Crippen LogP contribution in [-0.4, -0.2) is 7.11 Å². The molecule has 0 heterocycles. The van der Waals surface area contributed by atoms with Crippen LogP contribution in [0.25, 0.3) is 0 Å². The molecule has 0 bridgehead atoms. The summed E-state index contributed by atoms with van der Waals surface area (Å²) in [6, 6.07) is 9.96. The van der Waals surface area contributed by atoms with Gasteiger partial charge in [0.25, 0.3) is 0 Å². The molecule has 0 aliphatic heterocycles. The van der Waals surface area contributed by atoms with E-state index < -0.39 is 11.7 Å². The minimum Gasteiger partial charge on any atom is -0.496 e. The second-order valence-corrected chi connectivity index (χ2v) is 4.35. The zero-order chi connectivity index (χ0) is 15.5. The van der Waals surface area contributed by atoms with Gasteiger partial charge >= 0.3 is 6.18 Å². The molecule has 0 fully saturated rings. The maximum absolute atomic E-state index is 12.9. The number of hydrogen-bond donors (Lipinski definition) is 1. The molecule has 6 heteroatoms. The van der Waals surface area contributed by atoms with Crippen LogP contribution in [0, 0.1) is 0 Å². The Morgan fingerprint density at radius 1 is 1.05 bits per heavy atom. The Morgan fingerprint density at radius 3 is 2.43 bits per heavy atom. The third-order valence-electron chi connectivity index (χ3n) is 2.89. The van der Waals surface area contributed by atoms with E-state index in [0.29, 0.717) is 17.0 Å². The number of benzene rings is 2. The first kappa shape index (κ1) is 15.0. The number of hydrogen-bond acceptors (Lipinski definition) is 3. The van der Waals surface area contributed by atoms with Crippen LogP contribution in [0.3, 0.4) is 0 Å². The molecule has 0 amide bonds. The van der Waals surface area contributed by atoms with E-state index in [2.05, 4.69) is 0 Å². The molecule has 0 aliphatic carbocycles. The molecule has 0 spiro atoms. The predicted octanol–water partition coefficient (Wildman–Crippen LogP) is 3.88. The Labute approximate surface area is 120 Å². The molecule has 0 saturated heterocycles. The molecule has 0 atom stereocenters. The second-order valence-electron chi connectivity index (χ2n) is 4.35. The molecular weight excluding hydrogens is 283 g/mol. The van der Waals surface area contributed by atoms with Gasteiger partial charge in [-0.05, 0) is 24.3 Å². The SMILES string of the molecule is COc1cc(N)ccc1COc1ccccc1C(F)(F)F. The molecule has 0 saturated carbocycles. The van der Waals surface area contributed by atoms with Gasteiger partial charge < -0.3 is 15.2 Å². The zero-order valence-corrected chi connectivity index (χ0v) is 11.3. The number of para-hydroxylation sites is 1. The standard InChI is InChI=1S/C15H14F3NO2/c1-20-14-8-11(19)7-6-10(14)9-21-13-5-3-2-4-12(13)15(16,17)18/h2-8H,9,19H2,1H3. The smallest absolute Gasteiger partial charge is 0.419 e. The Kier molecular flexibility index (Phi) is 4.26. The number of methoxy groups -OCH3 is 1. The van der Waals surface area contributed by atoms with Crippen molar-refractivity contribution in [2.45, 2.75) is 12.8 Å². The van der Waals surface area contributed by atoms with Gasteiger partial charge in [-0.2, -0.15) is 13.2 Å². The summed E-state index contributed by atoms with van der Waals surface area (Å²) in [5, 5.41) is 0. The minimum atomic E-state index is -4.46. The van der Waals surface area contributed by atoms with E-state index in [4.69, 9.17) is 15.2 Å². The summed E-state index contributed by atoms with van der Waals surface area (Å²) in [6.45, 7) is -0.0451. The van der Waals surface area contributed by atoms with Crippen LogP contribution in [0.2, 0.25) is 0 Å². The molecular formula is C15H14F3NO2. The van der Waals surface area contributed by atoms with Crippen molar-refractivity contribution in [1.82, 2.24) is 0 Å². The van der Waals surface area contributed by atoms with E-state index in [1.807, 2.05) is 0 Å². The van der Waals surface area contributed by atoms with Crippen molar-refractivity contribution < 1.29 is 22.6 Å². The number of ether oxygens (including phenoxy) is 2. The van der Waals surface area contributed by atoms with Crippen molar-refractivity contribution in [3.8, 4) is 11.5 Å². The average molecular weight is 297 g/mol. The number of nitrogens with two attached hydrogens (primary N) is 1. The van der Waals surface area contributed by atoms with Gasteiger partial charge in [-0.25, -0.2) is 0 Å². The van der Waals surface area contributed by atoms with Crippen LogP contribution in [0.15, 0.2) is 42.5 Å². The number of anilines is 1. The first-order valence-corrected chi connectivity index (χ1v) is 6.13. The van der Waals surface area contributed by atoms with E-state index >= 15 is 0 Å². The normalized spacial score (nSPS) is 11.2. The van der Waals surface area contributed by atoms with Crippen LogP contribution in [0.4, 0.5) is 18.9 Å². The van der Waals surface area contributed by atoms with Crippen LogP contribution in [0.1, 0.15) is 11.1 Å². The van der Waals surface area contributed by atoms with Crippen LogP contribution >= 0.6 is 0 Å². The lowest BCUT2D eigenvalue weighted by Gasteiger charge is -2.15. The molecule has 112 valence electrons. The highest BCUT2D eigenvalue weighted by atomic mass is 19.4. The fourth-order valence-corrected chi connectivity index (χ4v) is 1.86. The second kappa shape index (κ2) is 5.95. The average Bonchev–Trinajstić information content (AvgIpc) is 2.45. The van der Waals surface area contributed by atoms with Crippen molar-refractivity contribution in [2.24, 2.45) is 0 Å². The monoisotopic (exact) mass is 297 g/mol. The maximum atomic E-state index is 12.9. The van der Waals surface area contributed by atoms with Crippen molar-refractivity contribution in [3.63, 3.8) is 0 Å². The van der Waals surface area contributed by atoms with Gasteiger partial charge in [-0.1, -0.05) is 12.1 Å². The van der Waals surface area contributed by atoms with Crippen molar-refractivity contribution in [2.75, 3.05) is 12.8 Å². The van der Waals surface area contributed by atoms with Gasteiger partial charge in [0.15, 0.2) is 0 Å². The van der Waals surface area contributed by atoms with Crippen LogP contribution in [0.5, 0.6) is 11.5 Å². The fourth-order valence-electron chi connectivity index (χ4n) is 1.86. The summed E-state index contributed by atoms with van der Waals surface area (Å²) in [7, 11) is 1.46. The van der Waals surface area contributed by atoms with Gasteiger partial charge in [0.2, 0.25) is 0 Å². The molecule has 2 N–H and O–H groups in total. The van der Waals surface area contributed by atoms with Crippen molar-refractivity contribution in [3.05, 3.63) is 53.6 Å². The lowest BCUT2D eigenvalue weighted by molar-refractivity contribution is -0.139. The summed E-state index contributed by atoms with van der Waals surface area (Å²) in [6.07, 6.45) is -4.46. The largest absolute Gasteiger partial charge is 0.496 e. The summed E-state index contributed by atoms with van der Waals surface area (Å²) in [5.41, 5.74) is 5.94. The van der Waals surface area contributed by atoms with Gasteiger partial charge in [0, 0.05) is 17.3 Å². The third kappa shape index (κ3) is 3.59. The minimum absolute atomic E-state index is 0.0451. The van der Waals surface area contributed by atoms with E-state index in [-0.39, 0.29) is 12.4 Å². The topological polar surface area (TPSA) is 44.5 Å². The maximum Gasteiger partial charge on any atom is 0.419 e. The first-order chi connectivity index (χ1) is 9.91. The lowest BCUT2D eigenvalue weighted by Crippen LogP contribution is -2.09. The predicted molar refractivity (Wildman–Crippen MR) is 73.2 cm³/mol. The number of alkyl halides is 3. The number of halogens is 3. The van der Waals surface area contributed by atoms with E-state index in [0.717, 1.165) is 6.07 Å². The van der Waals surface area contributed by atoms with Gasteiger partial charge in [-0.3, -0.25) is 0 Å². The van der Waals surface area contributed by atoms with Gasteiger partial charge in [0.1, 0.15) is 18.1 Å². The Morgan fingerprint density at radius 2 is 1.76 bits per heavy atom. The summed E-state index contributed by atoms with van der Waals surface area (Å²) < 4.78 is 49.0. The molecule has 2 rings (SSSR count). The zero-order valence-electron chi connectivity index (χ0n) is 11.3. The van der Waals surface area contributed by atoms with Crippen molar-refractivity contribution >= 4 is 5.69 Å². The molecule has 0 unspecified atom stereocenters. The molecule has 0 aliphatic rings. The number of nitrogen functional groups attached to an aromatic ring is 1. The quantitative estimate of drug-likeness (QED) is 0.871. The van der Waals surface area contributed by atoms with Gasteiger partial charge in [0.05, 0.1) is 12.7 Å². The van der Waals surface area contributed by atoms with Crippen LogP contribution < -0.4 is 15.2 Å². The molecule has 0 aromatic heterocycles. The summed E-state index contributed by atoms with van der Waals surface area (Å²) in [4.78, 5) is 0. The van der Waals surface area contributed by atoms with Gasteiger partial charge in [-0.15, -0.1) is 0 Å². The highest BCUT2D eigenvalue weighted by Crippen LogP contribution is 2.36. The van der Waals surface area contributed by atoms with E-state index in [1.54, 1.807) is 18.2 Å². The first-order valence-electron chi connectivity index (χ1n) is 6.13. The molecule has 21 heavy (non-hydrogen) atoms.